The molecule has 0 saturated carbocycles. The molecule has 4 rings (SSSR count). The largest absolute Gasteiger partial charge is 0.351 e. The van der Waals surface area contributed by atoms with E-state index in [0.29, 0.717) is 51.7 Å². The SMILES string of the molecule is CC(=O)N1CCC(C(=O)N2CC[C@@H]3NC(=O)[C@H]4C[C@H](NC(=O)CC(C)(C)C)CN4C(=O)[C@H]32)CC1. The number of amides is 5. The average molecular weight is 476 g/mol. The fraction of sp³-hybridized carbons (Fsp3) is 0.792. The number of likely N-dealkylation sites (tertiary alicyclic amines) is 2. The molecule has 0 unspecified atom stereocenters. The lowest BCUT2D eigenvalue weighted by Crippen LogP contribution is -2.54. The first kappa shape index (κ1) is 24.5. The highest BCUT2D eigenvalue weighted by Crippen LogP contribution is 2.31. The third kappa shape index (κ3) is 4.90. The fourth-order valence-electron chi connectivity index (χ4n) is 5.81. The highest BCUT2D eigenvalue weighted by molar-refractivity contribution is 5.97. The van der Waals surface area contributed by atoms with Gasteiger partial charge < -0.3 is 25.3 Å². The van der Waals surface area contributed by atoms with Gasteiger partial charge in [0.2, 0.25) is 29.5 Å². The molecule has 0 aromatic rings. The van der Waals surface area contributed by atoms with Crippen molar-refractivity contribution in [2.24, 2.45) is 11.3 Å². The van der Waals surface area contributed by atoms with Gasteiger partial charge in [0.25, 0.3) is 0 Å². The molecule has 188 valence electrons. The van der Waals surface area contributed by atoms with E-state index in [1.54, 1.807) is 14.7 Å². The van der Waals surface area contributed by atoms with E-state index in [4.69, 9.17) is 0 Å². The summed E-state index contributed by atoms with van der Waals surface area (Å²) in [5.41, 5.74) is -0.154. The van der Waals surface area contributed by atoms with Crippen molar-refractivity contribution >= 4 is 29.5 Å². The summed E-state index contributed by atoms with van der Waals surface area (Å²) in [6, 6.07) is -2.02. The first-order valence-corrected chi connectivity index (χ1v) is 12.4. The number of rotatable bonds is 3. The van der Waals surface area contributed by atoms with Crippen molar-refractivity contribution in [3.8, 4) is 0 Å². The summed E-state index contributed by atoms with van der Waals surface area (Å²) in [6.07, 6.45) is 2.46. The quantitative estimate of drug-likeness (QED) is 0.589. The monoisotopic (exact) mass is 475 g/mol. The maximum Gasteiger partial charge on any atom is 0.248 e. The molecular formula is C24H37N5O5. The highest BCUT2D eigenvalue weighted by Gasteiger charge is 2.53. The second-order valence-electron chi connectivity index (χ2n) is 11.4. The van der Waals surface area contributed by atoms with Crippen molar-refractivity contribution in [1.29, 1.82) is 0 Å². The average Bonchev–Trinajstić information content (AvgIpc) is 3.33. The minimum atomic E-state index is -0.712. The molecule has 0 spiro atoms. The normalized spacial score (nSPS) is 29.9. The number of hydrogen-bond acceptors (Lipinski definition) is 5. The first-order chi connectivity index (χ1) is 15.9. The van der Waals surface area contributed by atoms with Crippen LogP contribution in [-0.4, -0.2) is 94.6 Å². The van der Waals surface area contributed by atoms with Crippen molar-refractivity contribution in [2.45, 2.75) is 84.0 Å². The number of piperidine rings is 1. The van der Waals surface area contributed by atoms with Crippen molar-refractivity contribution in [3.05, 3.63) is 0 Å². The summed E-state index contributed by atoms with van der Waals surface area (Å²) >= 11 is 0. The molecule has 10 nitrogen and oxygen atoms in total. The molecule has 2 N–H and O–H groups in total. The van der Waals surface area contributed by atoms with E-state index in [9.17, 15) is 24.0 Å². The maximum absolute atomic E-state index is 13.6. The molecule has 4 atom stereocenters. The predicted octanol–water partition coefficient (Wildman–Crippen LogP) is -0.134. The molecule has 4 aliphatic rings. The summed E-state index contributed by atoms with van der Waals surface area (Å²) < 4.78 is 0. The molecule has 0 bridgehead atoms. The summed E-state index contributed by atoms with van der Waals surface area (Å²) in [5.74, 6) is -0.787. The molecular weight excluding hydrogens is 438 g/mol. The Labute approximate surface area is 200 Å². The van der Waals surface area contributed by atoms with Gasteiger partial charge in [-0.25, -0.2) is 0 Å². The summed E-state index contributed by atoms with van der Waals surface area (Å²) in [7, 11) is 0. The van der Waals surface area contributed by atoms with Crippen LogP contribution in [0.4, 0.5) is 0 Å². The fourth-order valence-corrected chi connectivity index (χ4v) is 5.81. The van der Waals surface area contributed by atoms with E-state index in [1.165, 1.54) is 6.92 Å². The van der Waals surface area contributed by atoms with Crippen LogP contribution in [0.3, 0.4) is 0 Å². The molecule has 4 saturated heterocycles. The molecule has 0 aliphatic carbocycles. The number of carbonyl (C=O) groups excluding carboxylic acids is 5. The van der Waals surface area contributed by atoms with Crippen LogP contribution >= 0.6 is 0 Å². The Morgan fingerprint density at radius 2 is 1.74 bits per heavy atom. The lowest BCUT2D eigenvalue weighted by Gasteiger charge is -2.35. The molecule has 0 radical (unpaired) electrons. The van der Waals surface area contributed by atoms with Gasteiger partial charge in [-0.1, -0.05) is 20.8 Å². The molecule has 34 heavy (non-hydrogen) atoms. The lowest BCUT2D eigenvalue weighted by molar-refractivity contribution is -0.148. The summed E-state index contributed by atoms with van der Waals surface area (Å²) in [5, 5.41) is 5.99. The van der Waals surface area contributed by atoms with Gasteiger partial charge in [-0.05, 0) is 31.1 Å². The maximum atomic E-state index is 13.6. The number of hydrogen-bond donors (Lipinski definition) is 2. The van der Waals surface area contributed by atoms with Crippen molar-refractivity contribution in [1.82, 2.24) is 25.3 Å². The highest BCUT2D eigenvalue weighted by atomic mass is 16.2. The van der Waals surface area contributed by atoms with Gasteiger partial charge in [0.1, 0.15) is 12.1 Å². The van der Waals surface area contributed by atoms with Crippen LogP contribution in [0, 0.1) is 11.3 Å². The Hall–Kier alpha value is -2.65. The van der Waals surface area contributed by atoms with Gasteiger partial charge in [-0.3, -0.25) is 24.0 Å². The summed E-state index contributed by atoms with van der Waals surface area (Å²) in [4.78, 5) is 69.0. The van der Waals surface area contributed by atoms with E-state index in [0.717, 1.165) is 0 Å². The first-order valence-electron chi connectivity index (χ1n) is 12.4. The Bertz CT molecular complexity index is 875. The smallest absolute Gasteiger partial charge is 0.248 e. The van der Waals surface area contributed by atoms with Gasteiger partial charge in [-0.2, -0.15) is 0 Å². The zero-order valence-electron chi connectivity index (χ0n) is 20.6. The number of fused-ring (bicyclic) bond motifs is 2. The predicted molar refractivity (Wildman–Crippen MR) is 123 cm³/mol. The number of carbonyl (C=O) groups is 5. The van der Waals surface area contributed by atoms with Gasteiger partial charge >= 0.3 is 0 Å². The second-order valence-corrected chi connectivity index (χ2v) is 11.4. The topological polar surface area (TPSA) is 119 Å². The van der Waals surface area contributed by atoms with Crippen LogP contribution in [0.15, 0.2) is 0 Å². The van der Waals surface area contributed by atoms with Gasteiger partial charge in [0.05, 0.1) is 6.04 Å². The Balaban J connectivity index is 1.44. The minimum Gasteiger partial charge on any atom is -0.351 e. The Morgan fingerprint density at radius 1 is 1.06 bits per heavy atom. The molecule has 10 heteroatoms. The third-order valence-electron chi connectivity index (χ3n) is 7.49. The van der Waals surface area contributed by atoms with E-state index < -0.39 is 12.1 Å². The minimum absolute atomic E-state index is 0.0121. The van der Waals surface area contributed by atoms with Crippen LogP contribution in [-0.2, 0) is 24.0 Å². The van der Waals surface area contributed by atoms with E-state index in [-0.39, 0.29) is 59.5 Å². The van der Waals surface area contributed by atoms with Crippen LogP contribution < -0.4 is 10.6 Å². The molecule has 4 aliphatic heterocycles. The van der Waals surface area contributed by atoms with Crippen LogP contribution in [0.2, 0.25) is 0 Å². The molecule has 4 fully saturated rings. The van der Waals surface area contributed by atoms with E-state index in [2.05, 4.69) is 10.6 Å². The molecule has 4 heterocycles. The van der Waals surface area contributed by atoms with Gasteiger partial charge in [0, 0.05) is 51.5 Å². The number of nitrogens with zero attached hydrogens (tertiary/aromatic N) is 3. The third-order valence-corrected chi connectivity index (χ3v) is 7.49. The van der Waals surface area contributed by atoms with E-state index in [1.807, 2.05) is 20.8 Å². The van der Waals surface area contributed by atoms with Crippen LogP contribution in [0.1, 0.15) is 59.8 Å². The van der Waals surface area contributed by atoms with Crippen molar-refractivity contribution < 1.29 is 24.0 Å². The molecule has 0 aromatic carbocycles. The van der Waals surface area contributed by atoms with E-state index >= 15 is 0 Å². The Morgan fingerprint density at radius 3 is 2.35 bits per heavy atom. The Kier molecular flexibility index (Phi) is 6.61. The second kappa shape index (κ2) is 9.19. The van der Waals surface area contributed by atoms with Crippen molar-refractivity contribution in [2.75, 3.05) is 26.2 Å². The number of nitrogens with one attached hydrogen (secondary N) is 2. The zero-order chi connectivity index (χ0) is 24.8. The standard InChI is InChI=1S/C24H37N5O5/c1-14(30)27-8-5-15(6-9-27)22(33)28-10-7-17-20(28)23(34)29-13-16(11-18(29)21(32)26-17)25-19(31)12-24(2,3)4/h15-18,20H,5-13H2,1-4H3,(H,25,31)(H,26,32)/t16-,17-,18+,20-/m0/s1. The van der Waals surface area contributed by atoms with Gasteiger partial charge in [0.15, 0.2) is 0 Å². The lowest BCUT2D eigenvalue weighted by atomic mass is 9.92. The van der Waals surface area contributed by atoms with Crippen LogP contribution in [0.5, 0.6) is 0 Å². The summed E-state index contributed by atoms with van der Waals surface area (Å²) in [6.45, 7) is 9.28. The molecule has 0 aromatic heterocycles. The molecule has 5 amide bonds. The van der Waals surface area contributed by atoms with Crippen LogP contribution in [0.25, 0.3) is 0 Å². The van der Waals surface area contributed by atoms with Gasteiger partial charge in [-0.15, -0.1) is 0 Å². The zero-order valence-corrected chi connectivity index (χ0v) is 20.6. The van der Waals surface area contributed by atoms with Crippen molar-refractivity contribution in [3.63, 3.8) is 0 Å².